The average molecular weight is 390 g/mol. The molecule has 0 bridgehead atoms. The Morgan fingerprint density at radius 3 is 2.85 bits per heavy atom. The van der Waals surface area contributed by atoms with Crippen LogP contribution in [0.5, 0.6) is 5.75 Å². The minimum absolute atomic E-state index is 0.114. The molecule has 3 aromatic rings. The molecule has 0 amide bonds. The molecule has 0 saturated heterocycles. The average Bonchev–Trinajstić information content (AvgIpc) is 2.65. The maximum Gasteiger partial charge on any atom is 0.351 e. The molecule has 0 spiro atoms. The summed E-state index contributed by atoms with van der Waals surface area (Å²) < 4.78 is 15.6. The van der Waals surface area contributed by atoms with E-state index in [0.29, 0.717) is 22.4 Å². The molecule has 8 heteroatoms. The van der Waals surface area contributed by atoms with Crippen LogP contribution in [0.1, 0.15) is 29.3 Å². The summed E-state index contributed by atoms with van der Waals surface area (Å²) in [5.41, 5.74) is 0.00463. The van der Waals surface area contributed by atoms with Crippen molar-refractivity contribution in [1.29, 1.82) is 0 Å². The van der Waals surface area contributed by atoms with Crippen LogP contribution in [0, 0.1) is 0 Å². The second-order valence-corrected chi connectivity index (χ2v) is 6.16. The van der Waals surface area contributed by atoms with Crippen molar-refractivity contribution in [2.75, 3.05) is 0 Å². The molecule has 0 radical (unpaired) electrons. The summed E-state index contributed by atoms with van der Waals surface area (Å²) in [6.07, 6.45) is 2.31. The SMILES string of the molecule is CCC(O)OCc1ccc2oc(=O)c(C(=O)Oc3cncc(Cl)c3)cc2c1. The first-order chi connectivity index (χ1) is 13.0. The number of fused-ring (bicyclic) bond motifs is 1. The van der Waals surface area contributed by atoms with E-state index in [1.807, 2.05) is 0 Å². The molecule has 3 rings (SSSR count). The van der Waals surface area contributed by atoms with Crippen molar-refractivity contribution < 1.29 is 23.8 Å². The Hall–Kier alpha value is -2.74. The number of halogens is 1. The molecule has 1 atom stereocenters. The number of carbonyl (C=O) groups excluding carboxylic acids is 1. The van der Waals surface area contributed by atoms with E-state index in [0.717, 1.165) is 5.56 Å². The van der Waals surface area contributed by atoms with Crippen molar-refractivity contribution in [3.63, 3.8) is 0 Å². The minimum Gasteiger partial charge on any atom is -0.422 e. The zero-order valence-corrected chi connectivity index (χ0v) is 15.1. The van der Waals surface area contributed by atoms with Gasteiger partial charge in [0.2, 0.25) is 0 Å². The maximum atomic E-state index is 12.3. The molecule has 1 aromatic carbocycles. The highest BCUT2D eigenvalue weighted by Gasteiger charge is 2.17. The minimum atomic E-state index is -0.877. The Morgan fingerprint density at radius 1 is 1.30 bits per heavy atom. The molecular weight excluding hydrogens is 374 g/mol. The molecule has 2 aromatic heterocycles. The third kappa shape index (κ3) is 4.71. The van der Waals surface area contributed by atoms with Gasteiger partial charge in [-0.25, -0.2) is 9.59 Å². The van der Waals surface area contributed by atoms with E-state index >= 15 is 0 Å². The van der Waals surface area contributed by atoms with Gasteiger partial charge < -0.3 is 19.0 Å². The third-order valence-corrected chi connectivity index (χ3v) is 3.91. The summed E-state index contributed by atoms with van der Waals surface area (Å²) in [4.78, 5) is 28.2. The topological polar surface area (TPSA) is 98.9 Å². The zero-order chi connectivity index (χ0) is 19.4. The van der Waals surface area contributed by atoms with Crippen LogP contribution in [0.25, 0.3) is 11.0 Å². The van der Waals surface area contributed by atoms with Gasteiger partial charge in [-0.2, -0.15) is 0 Å². The van der Waals surface area contributed by atoms with Crippen LogP contribution in [-0.2, 0) is 11.3 Å². The number of benzene rings is 1. The second-order valence-electron chi connectivity index (χ2n) is 5.72. The van der Waals surface area contributed by atoms with E-state index in [4.69, 9.17) is 25.5 Å². The van der Waals surface area contributed by atoms with Gasteiger partial charge in [0, 0.05) is 17.6 Å². The number of aliphatic hydroxyl groups excluding tert-OH is 1. The van der Waals surface area contributed by atoms with E-state index in [2.05, 4.69) is 4.98 Å². The zero-order valence-electron chi connectivity index (χ0n) is 14.3. The van der Waals surface area contributed by atoms with E-state index in [1.165, 1.54) is 24.5 Å². The van der Waals surface area contributed by atoms with Crippen LogP contribution in [0.2, 0.25) is 5.02 Å². The van der Waals surface area contributed by atoms with Gasteiger partial charge in [0.15, 0.2) is 12.0 Å². The molecule has 1 N–H and O–H groups in total. The fraction of sp³-hybridized carbons (Fsp3) is 0.211. The molecule has 0 aliphatic rings. The maximum absolute atomic E-state index is 12.3. The Bertz CT molecular complexity index is 1030. The number of ether oxygens (including phenoxy) is 2. The molecule has 0 saturated carbocycles. The van der Waals surface area contributed by atoms with Crippen LogP contribution >= 0.6 is 11.6 Å². The number of carbonyl (C=O) groups is 1. The Kier molecular flexibility index (Phi) is 5.85. The lowest BCUT2D eigenvalue weighted by Gasteiger charge is -2.10. The third-order valence-electron chi connectivity index (χ3n) is 3.70. The van der Waals surface area contributed by atoms with Crippen molar-refractivity contribution in [3.8, 4) is 5.75 Å². The number of esters is 1. The highest BCUT2D eigenvalue weighted by atomic mass is 35.5. The standard InChI is InChI=1S/C19H16ClNO6/c1-2-17(22)25-10-11-3-4-16-12(5-11)6-15(19(24)27-16)18(23)26-14-7-13(20)8-21-9-14/h3-9,17,22H,2,10H2,1H3. The number of nitrogens with zero attached hydrogens (tertiary/aromatic N) is 1. The summed E-state index contributed by atoms with van der Waals surface area (Å²) >= 11 is 5.80. The van der Waals surface area contributed by atoms with Gasteiger partial charge in [0.05, 0.1) is 17.8 Å². The van der Waals surface area contributed by atoms with Gasteiger partial charge in [-0.1, -0.05) is 24.6 Å². The molecule has 0 aliphatic heterocycles. The van der Waals surface area contributed by atoms with Gasteiger partial charge in [-0.3, -0.25) is 4.98 Å². The number of aliphatic hydroxyl groups is 1. The summed E-state index contributed by atoms with van der Waals surface area (Å²) in [6, 6.07) is 7.82. The van der Waals surface area contributed by atoms with Crippen molar-refractivity contribution in [2.24, 2.45) is 0 Å². The molecule has 1 unspecified atom stereocenters. The Morgan fingerprint density at radius 2 is 2.11 bits per heavy atom. The van der Waals surface area contributed by atoms with Crippen LogP contribution < -0.4 is 10.4 Å². The first kappa shape index (κ1) is 19.0. The Balaban J connectivity index is 1.87. The second kappa shape index (κ2) is 8.30. The Labute approximate surface area is 159 Å². The fourth-order valence-electron chi connectivity index (χ4n) is 2.33. The summed E-state index contributed by atoms with van der Waals surface area (Å²) in [6.45, 7) is 1.98. The first-order valence-electron chi connectivity index (χ1n) is 8.15. The van der Waals surface area contributed by atoms with Gasteiger partial charge in [0.25, 0.3) is 0 Å². The van der Waals surface area contributed by atoms with Crippen LogP contribution in [0.15, 0.2) is 51.9 Å². The molecular formula is C19H16ClNO6. The summed E-state index contributed by atoms with van der Waals surface area (Å²) in [7, 11) is 0. The molecule has 27 heavy (non-hydrogen) atoms. The van der Waals surface area contributed by atoms with E-state index < -0.39 is 17.9 Å². The quantitative estimate of drug-likeness (QED) is 0.392. The van der Waals surface area contributed by atoms with Crippen molar-refractivity contribution >= 4 is 28.5 Å². The lowest BCUT2D eigenvalue weighted by molar-refractivity contribution is -0.109. The van der Waals surface area contributed by atoms with E-state index in [-0.39, 0.29) is 17.9 Å². The normalized spacial score (nSPS) is 12.1. The predicted octanol–water partition coefficient (Wildman–Crippen LogP) is 3.31. The number of aromatic nitrogens is 1. The van der Waals surface area contributed by atoms with Crippen molar-refractivity contribution in [3.05, 3.63) is 69.3 Å². The molecule has 0 fully saturated rings. The lowest BCUT2D eigenvalue weighted by atomic mass is 10.1. The lowest BCUT2D eigenvalue weighted by Crippen LogP contribution is -2.18. The van der Waals surface area contributed by atoms with Crippen LogP contribution in [0.4, 0.5) is 0 Å². The highest BCUT2D eigenvalue weighted by Crippen LogP contribution is 2.19. The summed E-state index contributed by atoms with van der Waals surface area (Å²) in [5.74, 6) is -0.763. The smallest absolute Gasteiger partial charge is 0.351 e. The van der Waals surface area contributed by atoms with Gasteiger partial charge in [-0.15, -0.1) is 0 Å². The van der Waals surface area contributed by atoms with Gasteiger partial charge in [-0.05, 0) is 30.2 Å². The summed E-state index contributed by atoms with van der Waals surface area (Å²) in [5, 5.41) is 10.3. The number of hydrogen-bond acceptors (Lipinski definition) is 7. The first-order valence-corrected chi connectivity index (χ1v) is 8.53. The monoisotopic (exact) mass is 389 g/mol. The number of rotatable bonds is 6. The molecule has 2 heterocycles. The van der Waals surface area contributed by atoms with E-state index in [9.17, 15) is 14.7 Å². The van der Waals surface area contributed by atoms with Gasteiger partial charge in [0.1, 0.15) is 11.1 Å². The van der Waals surface area contributed by atoms with E-state index in [1.54, 1.807) is 25.1 Å². The highest BCUT2D eigenvalue weighted by molar-refractivity contribution is 6.30. The van der Waals surface area contributed by atoms with Gasteiger partial charge >= 0.3 is 11.6 Å². The molecule has 7 nitrogen and oxygen atoms in total. The number of hydrogen-bond donors (Lipinski definition) is 1. The van der Waals surface area contributed by atoms with Crippen LogP contribution in [-0.4, -0.2) is 22.3 Å². The van der Waals surface area contributed by atoms with Crippen molar-refractivity contribution in [1.82, 2.24) is 4.98 Å². The van der Waals surface area contributed by atoms with Crippen molar-refractivity contribution in [2.45, 2.75) is 26.2 Å². The fourth-order valence-corrected chi connectivity index (χ4v) is 2.49. The molecule has 0 aliphatic carbocycles. The predicted molar refractivity (Wildman–Crippen MR) is 97.8 cm³/mol. The number of pyridine rings is 1. The largest absolute Gasteiger partial charge is 0.422 e. The van der Waals surface area contributed by atoms with Crippen LogP contribution in [0.3, 0.4) is 0 Å². The molecule has 140 valence electrons.